The number of hydrogen-bond donors (Lipinski definition) is 1. The van der Waals surface area contributed by atoms with Crippen molar-refractivity contribution in [1.82, 2.24) is 5.32 Å². The number of hydrogen-bond acceptors (Lipinski definition) is 3. The van der Waals surface area contributed by atoms with E-state index >= 15 is 0 Å². The lowest BCUT2D eigenvalue weighted by atomic mass is 10.1. The van der Waals surface area contributed by atoms with E-state index in [1.54, 1.807) is 11.8 Å². The van der Waals surface area contributed by atoms with Crippen molar-refractivity contribution in [3.63, 3.8) is 0 Å². The van der Waals surface area contributed by atoms with Gasteiger partial charge in [-0.25, -0.2) is 0 Å². The summed E-state index contributed by atoms with van der Waals surface area (Å²) in [7, 11) is 0. The van der Waals surface area contributed by atoms with Crippen LogP contribution in [-0.4, -0.2) is 11.7 Å². The third kappa shape index (κ3) is 6.55. The molecule has 0 unspecified atom stereocenters. The second kappa shape index (κ2) is 10.7. The van der Waals surface area contributed by atoms with Crippen LogP contribution in [0.25, 0.3) is 0 Å². The molecular formula is C24H25NO2S. The van der Waals surface area contributed by atoms with Crippen molar-refractivity contribution in [3.8, 4) is 0 Å². The highest BCUT2D eigenvalue weighted by atomic mass is 32.2. The summed E-state index contributed by atoms with van der Waals surface area (Å²) < 4.78 is 5.75. The lowest BCUT2D eigenvalue weighted by Crippen LogP contribution is -2.24. The molecule has 28 heavy (non-hydrogen) atoms. The molecule has 0 radical (unpaired) electrons. The lowest BCUT2D eigenvalue weighted by Gasteiger charge is -2.08. The molecule has 3 rings (SSSR count). The Morgan fingerprint density at radius 2 is 1.43 bits per heavy atom. The zero-order valence-corrected chi connectivity index (χ0v) is 16.9. The summed E-state index contributed by atoms with van der Waals surface area (Å²) in [6.07, 6.45) is 0. The van der Waals surface area contributed by atoms with Gasteiger partial charge in [-0.05, 0) is 35.2 Å². The molecule has 0 atom stereocenters. The van der Waals surface area contributed by atoms with Crippen molar-refractivity contribution in [3.05, 3.63) is 101 Å². The van der Waals surface area contributed by atoms with Crippen molar-refractivity contribution >= 4 is 17.7 Å². The first-order valence-corrected chi connectivity index (χ1v) is 10.3. The molecule has 3 nitrogen and oxygen atoms in total. The van der Waals surface area contributed by atoms with E-state index in [2.05, 4.69) is 42.6 Å². The zero-order chi connectivity index (χ0) is 19.6. The van der Waals surface area contributed by atoms with Crippen LogP contribution in [0.1, 0.15) is 22.3 Å². The summed E-state index contributed by atoms with van der Waals surface area (Å²) in [5, 5.41) is 2.98. The Morgan fingerprint density at radius 3 is 2.14 bits per heavy atom. The minimum atomic E-state index is 0.0449. The molecule has 1 N–H and O–H groups in total. The number of nitrogens with one attached hydrogen (secondary N) is 1. The highest BCUT2D eigenvalue weighted by Gasteiger charge is 2.05. The minimum absolute atomic E-state index is 0.0449. The second-order valence-electron chi connectivity index (χ2n) is 6.63. The Labute approximate surface area is 171 Å². The van der Waals surface area contributed by atoms with Crippen LogP contribution in [0.2, 0.25) is 0 Å². The number of benzene rings is 3. The fraction of sp³-hybridized carbons (Fsp3) is 0.208. The first-order valence-electron chi connectivity index (χ1n) is 9.35. The van der Waals surface area contributed by atoms with Crippen LogP contribution in [0.5, 0.6) is 0 Å². The van der Waals surface area contributed by atoms with Gasteiger partial charge >= 0.3 is 0 Å². The van der Waals surface area contributed by atoms with Gasteiger partial charge in [0.05, 0.1) is 19.0 Å². The Morgan fingerprint density at radius 1 is 0.821 bits per heavy atom. The molecule has 1 amide bonds. The van der Waals surface area contributed by atoms with Gasteiger partial charge in [-0.3, -0.25) is 4.79 Å². The standard InChI is InChI=1S/C24H25NO2S/c1-19-7-5-6-10-23(19)28-18-24(26)25-15-20-11-13-22(14-12-20)17-27-16-21-8-3-2-4-9-21/h2-14H,15-18H2,1H3,(H,25,26). The van der Waals surface area contributed by atoms with E-state index in [4.69, 9.17) is 4.74 Å². The molecule has 0 aliphatic carbocycles. The minimum Gasteiger partial charge on any atom is -0.372 e. The molecule has 144 valence electrons. The fourth-order valence-electron chi connectivity index (χ4n) is 2.73. The largest absolute Gasteiger partial charge is 0.372 e. The summed E-state index contributed by atoms with van der Waals surface area (Å²) in [5.41, 5.74) is 4.58. The van der Waals surface area contributed by atoms with E-state index in [9.17, 15) is 4.79 Å². The zero-order valence-electron chi connectivity index (χ0n) is 16.1. The highest BCUT2D eigenvalue weighted by Crippen LogP contribution is 2.21. The van der Waals surface area contributed by atoms with Crippen molar-refractivity contribution in [2.45, 2.75) is 31.6 Å². The van der Waals surface area contributed by atoms with E-state index in [0.717, 1.165) is 16.0 Å². The molecule has 0 saturated carbocycles. The first kappa shape index (κ1) is 20.2. The van der Waals surface area contributed by atoms with Crippen molar-refractivity contribution in [2.75, 3.05) is 5.75 Å². The maximum Gasteiger partial charge on any atom is 0.230 e. The smallest absolute Gasteiger partial charge is 0.230 e. The summed E-state index contributed by atoms with van der Waals surface area (Å²) in [6.45, 7) is 3.79. The predicted molar refractivity (Wildman–Crippen MR) is 115 cm³/mol. The fourth-order valence-corrected chi connectivity index (χ4v) is 3.59. The van der Waals surface area contributed by atoms with Crippen LogP contribution >= 0.6 is 11.8 Å². The van der Waals surface area contributed by atoms with Crippen LogP contribution in [0, 0.1) is 6.92 Å². The molecule has 0 spiro atoms. The van der Waals surface area contributed by atoms with Gasteiger partial charge in [-0.2, -0.15) is 0 Å². The number of carbonyl (C=O) groups is 1. The van der Waals surface area contributed by atoms with Crippen molar-refractivity contribution in [1.29, 1.82) is 0 Å². The van der Waals surface area contributed by atoms with Gasteiger partial charge in [0, 0.05) is 11.4 Å². The van der Waals surface area contributed by atoms with Crippen LogP contribution < -0.4 is 5.32 Å². The van der Waals surface area contributed by atoms with Gasteiger partial charge in [0.25, 0.3) is 0 Å². The van der Waals surface area contributed by atoms with Gasteiger partial charge < -0.3 is 10.1 Å². The summed E-state index contributed by atoms with van der Waals surface area (Å²) >= 11 is 1.57. The number of amides is 1. The van der Waals surface area contributed by atoms with Gasteiger partial charge in [0.2, 0.25) is 5.91 Å². The molecule has 0 bridgehead atoms. The average Bonchev–Trinajstić information content (AvgIpc) is 2.73. The van der Waals surface area contributed by atoms with Gasteiger partial charge in [0.1, 0.15) is 0 Å². The van der Waals surface area contributed by atoms with E-state index in [-0.39, 0.29) is 5.91 Å². The third-order valence-electron chi connectivity index (χ3n) is 4.35. The molecule has 0 aliphatic heterocycles. The normalized spacial score (nSPS) is 10.6. The average molecular weight is 392 g/mol. The van der Waals surface area contributed by atoms with Gasteiger partial charge in [0.15, 0.2) is 0 Å². The number of thioether (sulfide) groups is 1. The Balaban J connectivity index is 1.38. The number of ether oxygens (including phenoxy) is 1. The molecule has 0 aromatic heterocycles. The van der Waals surface area contributed by atoms with Gasteiger partial charge in [-0.15, -0.1) is 11.8 Å². The highest BCUT2D eigenvalue weighted by molar-refractivity contribution is 8.00. The maximum absolute atomic E-state index is 12.1. The Hall–Kier alpha value is -2.56. The predicted octanol–water partition coefficient (Wildman–Crippen LogP) is 5.12. The number of carbonyl (C=O) groups excluding carboxylic acids is 1. The molecule has 4 heteroatoms. The molecule has 0 saturated heterocycles. The van der Waals surface area contributed by atoms with Crippen LogP contribution in [-0.2, 0) is 29.3 Å². The molecular weight excluding hydrogens is 366 g/mol. The van der Waals surface area contributed by atoms with E-state index in [0.29, 0.717) is 25.5 Å². The third-order valence-corrected chi connectivity index (χ3v) is 5.52. The quantitative estimate of drug-likeness (QED) is 0.515. The van der Waals surface area contributed by atoms with E-state index < -0.39 is 0 Å². The van der Waals surface area contributed by atoms with E-state index in [1.165, 1.54) is 11.1 Å². The maximum atomic E-state index is 12.1. The summed E-state index contributed by atoms with van der Waals surface area (Å²) in [5.74, 6) is 0.472. The molecule has 3 aromatic carbocycles. The monoisotopic (exact) mass is 391 g/mol. The lowest BCUT2D eigenvalue weighted by molar-refractivity contribution is -0.118. The van der Waals surface area contributed by atoms with Gasteiger partial charge in [-0.1, -0.05) is 72.8 Å². The number of rotatable bonds is 9. The summed E-state index contributed by atoms with van der Waals surface area (Å²) in [4.78, 5) is 13.2. The van der Waals surface area contributed by atoms with Crippen LogP contribution in [0.15, 0.2) is 83.8 Å². The molecule has 0 fully saturated rings. The molecule has 3 aromatic rings. The second-order valence-corrected chi connectivity index (χ2v) is 7.64. The SMILES string of the molecule is Cc1ccccc1SCC(=O)NCc1ccc(COCc2ccccc2)cc1. The summed E-state index contributed by atoms with van der Waals surface area (Å²) in [6, 6.07) is 26.4. The Kier molecular flexibility index (Phi) is 7.71. The Bertz CT molecular complexity index is 879. The van der Waals surface area contributed by atoms with E-state index in [1.807, 2.05) is 48.5 Å². The van der Waals surface area contributed by atoms with Crippen molar-refractivity contribution < 1.29 is 9.53 Å². The van der Waals surface area contributed by atoms with Crippen LogP contribution in [0.4, 0.5) is 0 Å². The topological polar surface area (TPSA) is 38.3 Å². The van der Waals surface area contributed by atoms with Crippen LogP contribution in [0.3, 0.4) is 0 Å². The molecule has 0 heterocycles. The number of aryl methyl sites for hydroxylation is 1. The molecule has 0 aliphatic rings. The first-order chi connectivity index (χ1) is 13.7. The van der Waals surface area contributed by atoms with Crippen molar-refractivity contribution in [2.24, 2.45) is 0 Å².